The highest BCUT2D eigenvalue weighted by molar-refractivity contribution is 14.2. The summed E-state index contributed by atoms with van der Waals surface area (Å²) in [4.78, 5) is 0. The summed E-state index contributed by atoms with van der Waals surface area (Å²) < 4.78 is 14.4. The molecule has 0 unspecified atom stereocenters. The molecule has 0 aromatic carbocycles. The first-order valence-electron chi connectivity index (χ1n) is 3.36. The van der Waals surface area contributed by atoms with Crippen LogP contribution in [-0.2, 0) is 9.47 Å². The van der Waals surface area contributed by atoms with Crippen LogP contribution in [0.15, 0.2) is 11.5 Å². The van der Waals surface area contributed by atoms with Crippen LogP contribution in [0.25, 0.3) is 0 Å². The van der Waals surface area contributed by atoms with Crippen LogP contribution in [0.4, 0.5) is 0 Å². The molecule has 2 rings (SSSR count). The molecule has 2 nitrogen and oxygen atoms in total. The summed E-state index contributed by atoms with van der Waals surface area (Å²) in [7, 11) is 0. The maximum atomic E-state index is 5.42. The standard InChI is InChI=1S/C7H9IO2/c1-2-8-5-7-6(1)9-3-4-10-7/h5H,1-4H2. The molecule has 2 heterocycles. The van der Waals surface area contributed by atoms with Gasteiger partial charge < -0.3 is 9.47 Å². The largest absolute Gasteiger partial charge is 0.490 e. The maximum Gasteiger partial charge on any atom is 0.162 e. The minimum absolute atomic E-state index is 0.281. The van der Waals surface area contributed by atoms with Crippen LogP contribution in [-0.4, -0.2) is 21.7 Å². The van der Waals surface area contributed by atoms with E-state index in [2.05, 4.69) is 4.01 Å². The van der Waals surface area contributed by atoms with Gasteiger partial charge in [-0.15, -0.1) is 20.7 Å². The van der Waals surface area contributed by atoms with E-state index in [1.807, 2.05) is 0 Å². The van der Waals surface area contributed by atoms with Crippen molar-refractivity contribution in [2.75, 3.05) is 17.6 Å². The summed E-state index contributed by atoms with van der Waals surface area (Å²) in [6.45, 7) is 1.48. The molecule has 0 bridgehead atoms. The Kier molecular flexibility index (Phi) is 1.93. The van der Waals surface area contributed by atoms with E-state index in [1.54, 1.807) is 0 Å². The molecule has 2 aliphatic heterocycles. The van der Waals surface area contributed by atoms with Crippen molar-refractivity contribution in [2.24, 2.45) is 0 Å². The van der Waals surface area contributed by atoms with E-state index in [-0.39, 0.29) is 20.7 Å². The van der Waals surface area contributed by atoms with Gasteiger partial charge in [-0.25, -0.2) is 0 Å². The topological polar surface area (TPSA) is 18.5 Å². The molecule has 56 valence electrons. The minimum atomic E-state index is 0.281. The highest BCUT2D eigenvalue weighted by atomic mass is 127. The maximum absolute atomic E-state index is 5.42. The lowest BCUT2D eigenvalue weighted by Gasteiger charge is -2.21. The molecular formula is C7H9IO2. The lowest BCUT2D eigenvalue weighted by molar-refractivity contribution is 0.0711. The van der Waals surface area contributed by atoms with E-state index in [9.17, 15) is 0 Å². The first-order chi connectivity index (χ1) is 4.97. The van der Waals surface area contributed by atoms with Gasteiger partial charge in [0.05, 0.1) is 0 Å². The second kappa shape index (κ2) is 2.90. The zero-order chi connectivity index (χ0) is 6.81. The third-order valence-electron chi connectivity index (χ3n) is 1.50. The molecule has 3 heteroatoms. The molecule has 0 N–H and O–H groups in total. The predicted octanol–water partition coefficient (Wildman–Crippen LogP) is 1.42. The van der Waals surface area contributed by atoms with Gasteiger partial charge in [0.1, 0.15) is 19.0 Å². The van der Waals surface area contributed by atoms with Gasteiger partial charge in [0.25, 0.3) is 0 Å². The smallest absolute Gasteiger partial charge is 0.162 e. The predicted molar refractivity (Wildman–Crippen MR) is 48.5 cm³/mol. The summed E-state index contributed by atoms with van der Waals surface area (Å²) in [5, 5.41) is 0. The summed E-state index contributed by atoms with van der Waals surface area (Å²) >= 11 is 0.281. The molecule has 0 aliphatic carbocycles. The number of hydrogen-bond donors (Lipinski definition) is 0. The van der Waals surface area contributed by atoms with Crippen LogP contribution >= 0.6 is 20.7 Å². The van der Waals surface area contributed by atoms with Crippen molar-refractivity contribution in [1.29, 1.82) is 0 Å². The second-order valence-corrected chi connectivity index (χ2v) is 4.77. The van der Waals surface area contributed by atoms with Gasteiger partial charge in [0, 0.05) is 14.9 Å². The molecule has 0 saturated heterocycles. The highest BCUT2D eigenvalue weighted by Gasteiger charge is 2.14. The van der Waals surface area contributed by atoms with Crippen molar-refractivity contribution in [3.05, 3.63) is 11.5 Å². The molecule has 2 aliphatic rings. The lowest BCUT2D eigenvalue weighted by atomic mass is 10.3. The number of hydrogen-bond acceptors (Lipinski definition) is 2. The summed E-state index contributed by atoms with van der Waals surface area (Å²) in [5.41, 5.74) is 0. The molecule has 10 heavy (non-hydrogen) atoms. The Morgan fingerprint density at radius 2 is 2.20 bits per heavy atom. The zero-order valence-electron chi connectivity index (χ0n) is 5.60. The second-order valence-electron chi connectivity index (χ2n) is 2.19. The molecule has 0 radical (unpaired) electrons. The molecular weight excluding hydrogens is 243 g/mol. The van der Waals surface area contributed by atoms with E-state index in [0.717, 1.165) is 31.2 Å². The zero-order valence-corrected chi connectivity index (χ0v) is 7.76. The Bertz CT molecular complexity index is 196. The fourth-order valence-corrected chi connectivity index (χ4v) is 3.06. The molecule has 0 atom stereocenters. The Balaban J connectivity index is 2.23. The van der Waals surface area contributed by atoms with E-state index < -0.39 is 0 Å². The Labute approximate surface area is 70.0 Å². The van der Waals surface area contributed by atoms with Crippen molar-refractivity contribution in [1.82, 2.24) is 0 Å². The van der Waals surface area contributed by atoms with Crippen LogP contribution < -0.4 is 0 Å². The van der Waals surface area contributed by atoms with Crippen LogP contribution in [0.1, 0.15) is 6.42 Å². The number of halogens is 1. The minimum Gasteiger partial charge on any atom is -0.490 e. The van der Waals surface area contributed by atoms with E-state index in [0.29, 0.717) is 0 Å². The Morgan fingerprint density at radius 3 is 3.10 bits per heavy atom. The average molecular weight is 252 g/mol. The summed E-state index contributed by atoms with van der Waals surface area (Å²) in [6, 6.07) is 0. The van der Waals surface area contributed by atoms with Crippen molar-refractivity contribution >= 4 is 24.7 Å². The molecule has 0 aromatic heterocycles. The fourth-order valence-electron chi connectivity index (χ4n) is 1.02. The third-order valence-corrected chi connectivity index (χ3v) is 3.67. The molecule has 0 amide bonds. The molecule has 0 aromatic rings. The lowest BCUT2D eigenvalue weighted by Crippen LogP contribution is -2.16. The van der Waals surface area contributed by atoms with Crippen LogP contribution in [0, 0.1) is 0 Å². The summed E-state index contributed by atoms with van der Waals surface area (Å²) in [5.74, 6) is 2.14. The van der Waals surface area contributed by atoms with Crippen molar-refractivity contribution < 1.29 is 9.47 Å². The number of rotatable bonds is 0. The molecule has 0 spiro atoms. The highest BCUT2D eigenvalue weighted by Crippen LogP contribution is 2.23. The normalized spacial score (nSPS) is 24.0. The van der Waals surface area contributed by atoms with Crippen LogP contribution in [0.5, 0.6) is 0 Å². The first-order valence-corrected chi connectivity index (χ1v) is 6.13. The summed E-state index contributed by atoms with van der Waals surface area (Å²) in [6.07, 6.45) is 1.11. The van der Waals surface area contributed by atoms with Gasteiger partial charge in [-0.2, -0.15) is 0 Å². The SMILES string of the molecule is C1=ICCC2=C1OCCO2. The number of allylic oxidation sites excluding steroid dienone is 2. The first kappa shape index (κ1) is 6.64. The Morgan fingerprint density at radius 1 is 1.30 bits per heavy atom. The van der Waals surface area contributed by atoms with E-state index in [4.69, 9.17) is 9.47 Å². The van der Waals surface area contributed by atoms with Crippen molar-refractivity contribution in [2.45, 2.75) is 6.42 Å². The third kappa shape index (κ3) is 1.19. The molecule has 0 saturated carbocycles. The van der Waals surface area contributed by atoms with Gasteiger partial charge in [-0.3, -0.25) is 0 Å². The van der Waals surface area contributed by atoms with Crippen LogP contribution in [0.3, 0.4) is 0 Å². The van der Waals surface area contributed by atoms with Crippen molar-refractivity contribution in [3.63, 3.8) is 0 Å². The van der Waals surface area contributed by atoms with E-state index in [1.165, 1.54) is 4.43 Å². The van der Waals surface area contributed by atoms with Gasteiger partial charge in [0.2, 0.25) is 0 Å². The average Bonchev–Trinajstić information content (AvgIpc) is 2.05. The monoisotopic (exact) mass is 252 g/mol. The van der Waals surface area contributed by atoms with E-state index >= 15 is 0 Å². The Hall–Kier alpha value is -0.0600. The van der Waals surface area contributed by atoms with Gasteiger partial charge >= 0.3 is 0 Å². The molecule has 0 fully saturated rings. The quantitative estimate of drug-likeness (QED) is 0.479. The number of alkyl halides is 1. The number of ether oxygens (including phenoxy) is 2. The fraction of sp³-hybridized carbons (Fsp3) is 0.571. The van der Waals surface area contributed by atoms with Gasteiger partial charge in [-0.05, 0) is 0 Å². The van der Waals surface area contributed by atoms with Crippen LogP contribution in [0.2, 0.25) is 0 Å². The van der Waals surface area contributed by atoms with Gasteiger partial charge in [0.15, 0.2) is 5.76 Å². The van der Waals surface area contributed by atoms with Gasteiger partial charge in [-0.1, -0.05) is 0 Å². The van der Waals surface area contributed by atoms with Crippen molar-refractivity contribution in [3.8, 4) is 0 Å².